The molecule has 0 aromatic heterocycles. The first-order valence-corrected chi connectivity index (χ1v) is 10.1. The minimum Gasteiger partial charge on any atom is -0.379 e. The normalized spacial score (nSPS) is 15.3. The molecule has 0 spiro atoms. The van der Waals surface area contributed by atoms with Gasteiger partial charge in [0, 0.05) is 44.1 Å². The van der Waals surface area contributed by atoms with E-state index in [-0.39, 0.29) is 10.8 Å². The third kappa shape index (κ3) is 4.47. The van der Waals surface area contributed by atoms with E-state index in [2.05, 4.69) is 5.32 Å². The fraction of sp³-hybridized carbons (Fsp3) is 0.316. The second-order valence-electron chi connectivity index (χ2n) is 6.44. The zero-order valence-corrected chi connectivity index (χ0v) is 16.2. The third-order valence-corrected chi connectivity index (χ3v) is 6.28. The third-order valence-electron chi connectivity index (χ3n) is 4.37. The van der Waals surface area contributed by atoms with Gasteiger partial charge in [-0.25, -0.2) is 8.42 Å². The Kier molecular flexibility index (Phi) is 5.79. The van der Waals surface area contributed by atoms with Crippen molar-refractivity contribution in [2.45, 2.75) is 4.90 Å². The number of sulfonamides is 1. The summed E-state index contributed by atoms with van der Waals surface area (Å²) < 4.78 is 31.8. The fourth-order valence-corrected chi connectivity index (χ4v) is 4.17. The molecule has 1 aliphatic heterocycles. The molecule has 1 N–H and O–H groups in total. The summed E-state index contributed by atoms with van der Waals surface area (Å²) in [6, 6.07) is 13.5. The van der Waals surface area contributed by atoms with Crippen LogP contribution in [0.25, 0.3) is 0 Å². The minimum atomic E-state index is -3.56. The van der Waals surface area contributed by atoms with Gasteiger partial charge in [-0.1, -0.05) is 0 Å². The van der Waals surface area contributed by atoms with Gasteiger partial charge in [-0.05, 0) is 48.5 Å². The molecule has 0 saturated carbocycles. The molecule has 1 heterocycles. The molecule has 0 bridgehead atoms. The van der Waals surface area contributed by atoms with Crippen LogP contribution in [-0.4, -0.2) is 59.0 Å². The molecular formula is C19H23N3O4S. The number of rotatable bonds is 5. The maximum absolute atomic E-state index is 12.6. The highest BCUT2D eigenvalue weighted by atomic mass is 32.2. The standard InChI is InChI=1S/C19H23N3O4S/c1-21(2)17-7-5-16(6-8-17)20-19(23)15-3-9-18(10-4-15)27(24,25)22-11-13-26-14-12-22/h3-10H,11-14H2,1-2H3,(H,20,23). The van der Waals surface area contributed by atoms with Crippen LogP contribution in [-0.2, 0) is 14.8 Å². The van der Waals surface area contributed by atoms with Gasteiger partial charge in [0.1, 0.15) is 0 Å². The molecule has 0 aliphatic carbocycles. The Morgan fingerprint density at radius 3 is 2.15 bits per heavy atom. The molecule has 1 fully saturated rings. The Morgan fingerprint density at radius 2 is 1.59 bits per heavy atom. The number of nitrogens with zero attached hydrogens (tertiary/aromatic N) is 2. The van der Waals surface area contributed by atoms with Gasteiger partial charge >= 0.3 is 0 Å². The number of morpholine rings is 1. The largest absolute Gasteiger partial charge is 0.379 e. The molecular weight excluding hydrogens is 366 g/mol. The number of hydrogen-bond acceptors (Lipinski definition) is 5. The van der Waals surface area contributed by atoms with Crippen LogP contribution < -0.4 is 10.2 Å². The summed E-state index contributed by atoms with van der Waals surface area (Å²) in [4.78, 5) is 14.5. The highest BCUT2D eigenvalue weighted by Gasteiger charge is 2.26. The first kappa shape index (κ1) is 19.3. The number of nitrogens with one attached hydrogen (secondary N) is 1. The second-order valence-corrected chi connectivity index (χ2v) is 8.37. The molecule has 1 aliphatic rings. The summed E-state index contributed by atoms with van der Waals surface area (Å²) in [5.74, 6) is -0.289. The van der Waals surface area contributed by atoms with Gasteiger partial charge in [-0.3, -0.25) is 4.79 Å². The van der Waals surface area contributed by atoms with Crippen LogP contribution >= 0.6 is 0 Å². The highest BCUT2D eigenvalue weighted by molar-refractivity contribution is 7.89. The first-order chi connectivity index (χ1) is 12.9. The zero-order chi connectivity index (χ0) is 19.4. The Bertz CT molecular complexity index is 888. The first-order valence-electron chi connectivity index (χ1n) is 8.64. The van der Waals surface area contributed by atoms with Crippen molar-refractivity contribution in [1.82, 2.24) is 4.31 Å². The van der Waals surface area contributed by atoms with Crippen LogP contribution in [0.4, 0.5) is 11.4 Å². The summed E-state index contributed by atoms with van der Waals surface area (Å²) in [7, 11) is 0.330. The van der Waals surface area contributed by atoms with Gasteiger partial charge in [0.25, 0.3) is 5.91 Å². The molecule has 0 atom stereocenters. The van der Waals surface area contributed by atoms with Crippen molar-refractivity contribution in [1.29, 1.82) is 0 Å². The van der Waals surface area contributed by atoms with E-state index in [1.807, 2.05) is 43.3 Å². The summed E-state index contributed by atoms with van der Waals surface area (Å²) in [6.07, 6.45) is 0. The maximum atomic E-state index is 12.6. The summed E-state index contributed by atoms with van der Waals surface area (Å²) >= 11 is 0. The van der Waals surface area contributed by atoms with Crippen molar-refractivity contribution in [3.05, 3.63) is 54.1 Å². The van der Waals surface area contributed by atoms with E-state index in [1.165, 1.54) is 28.6 Å². The molecule has 7 nitrogen and oxygen atoms in total. The van der Waals surface area contributed by atoms with Gasteiger partial charge in [0.2, 0.25) is 10.0 Å². The van der Waals surface area contributed by atoms with E-state index in [0.717, 1.165) is 5.69 Å². The molecule has 144 valence electrons. The number of carbonyl (C=O) groups is 1. The lowest BCUT2D eigenvalue weighted by Gasteiger charge is -2.26. The van der Waals surface area contributed by atoms with Gasteiger partial charge in [-0.15, -0.1) is 0 Å². The second kappa shape index (κ2) is 8.08. The van der Waals surface area contributed by atoms with Gasteiger partial charge in [0.15, 0.2) is 0 Å². The lowest BCUT2D eigenvalue weighted by atomic mass is 10.2. The van der Waals surface area contributed by atoms with E-state index in [4.69, 9.17) is 4.74 Å². The topological polar surface area (TPSA) is 79.0 Å². The van der Waals surface area contributed by atoms with Crippen LogP contribution in [0, 0.1) is 0 Å². The number of benzene rings is 2. The molecule has 8 heteroatoms. The molecule has 1 amide bonds. The van der Waals surface area contributed by atoms with Crippen molar-refractivity contribution in [3.63, 3.8) is 0 Å². The van der Waals surface area contributed by atoms with Crippen LogP contribution in [0.1, 0.15) is 10.4 Å². The van der Waals surface area contributed by atoms with Gasteiger partial charge in [-0.2, -0.15) is 4.31 Å². The predicted molar refractivity (Wildman–Crippen MR) is 105 cm³/mol. The van der Waals surface area contributed by atoms with Crippen molar-refractivity contribution in [2.75, 3.05) is 50.6 Å². The van der Waals surface area contributed by atoms with Crippen molar-refractivity contribution >= 4 is 27.3 Å². The number of hydrogen-bond donors (Lipinski definition) is 1. The molecule has 1 saturated heterocycles. The van der Waals surface area contributed by atoms with E-state index in [0.29, 0.717) is 37.6 Å². The Hall–Kier alpha value is -2.42. The van der Waals surface area contributed by atoms with Crippen LogP contribution in [0.15, 0.2) is 53.4 Å². The Morgan fingerprint density at radius 1 is 1.00 bits per heavy atom. The number of carbonyl (C=O) groups excluding carboxylic acids is 1. The molecule has 3 rings (SSSR count). The van der Waals surface area contributed by atoms with E-state index >= 15 is 0 Å². The monoisotopic (exact) mass is 389 g/mol. The Balaban J connectivity index is 1.70. The summed E-state index contributed by atoms with van der Waals surface area (Å²) in [5.41, 5.74) is 2.11. The highest BCUT2D eigenvalue weighted by Crippen LogP contribution is 2.19. The minimum absolute atomic E-state index is 0.177. The molecule has 2 aromatic rings. The molecule has 0 unspecified atom stereocenters. The zero-order valence-electron chi connectivity index (χ0n) is 15.4. The summed E-state index contributed by atoms with van der Waals surface area (Å²) in [5, 5.41) is 2.81. The summed E-state index contributed by atoms with van der Waals surface area (Å²) in [6.45, 7) is 1.47. The fourth-order valence-electron chi connectivity index (χ4n) is 2.76. The smallest absolute Gasteiger partial charge is 0.255 e. The van der Waals surface area contributed by atoms with Crippen LogP contribution in [0.2, 0.25) is 0 Å². The van der Waals surface area contributed by atoms with E-state index < -0.39 is 10.0 Å². The Labute approximate surface area is 159 Å². The molecule has 2 aromatic carbocycles. The van der Waals surface area contributed by atoms with Crippen molar-refractivity contribution in [3.8, 4) is 0 Å². The number of amides is 1. The lowest BCUT2D eigenvalue weighted by Crippen LogP contribution is -2.40. The quantitative estimate of drug-likeness (QED) is 0.847. The maximum Gasteiger partial charge on any atom is 0.255 e. The number of ether oxygens (including phenoxy) is 1. The van der Waals surface area contributed by atoms with Crippen molar-refractivity contribution < 1.29 is 17.9 Å². The molecule has 0 radical (unpaired) electrons. The van der Waals surface area contributed by atoms with E-state index in [9.17, 15) is 13.2 Å². The average Bonchev–Trinajstić information content (AvgIpc) is 2.69. The van der Waals surface area contributed by atoms with Crippen LogP contribution in [0.5, 0.6) is 0 Å². The average molecular weight is 389 g/mol. The van der Waals surface area contributed by atoms with Gasteiger partial charge in [0.05, 0.1) is 18.1 Å². The molecule has 27 heavy (non-hydrogen) atoms. The van der Waals surface area contributed by atoms with Crippen LogP contribution in [0.3, 0.4) is 0 Å². The van der Waals surface area contributed by atoms with E-state index in [1.54, 1.807) is 0 Å². The van der Waals surface area contributed by atoms with Gasteiger partial charge < -0.3 is 15.0 Å². The predicted octanol–water partition coefficient (Wildman–Crippen LogP) is 2.03. The van der Waals surface area contributed by atoms with Crippen molar-refractivity contribution in [2.24, 2.45) is 0 Å². The lowest BCUT2D eigenvalue weighted by molar-refractivity contribution is 0.0730. The SMILES string of the molecule is CN(C)c1ccc(NC(=O)c2ccc(S(=O)(=O)N3CCOCC3)cc2)cc1. The number of anilines is 2.